The second kappa shape index (κ2) is 11.5. The fourth-order valence-electron chi connectivity index (χ4n) is 3.90. The predicted octanol–water partition coefficient (Wildman–Crippen LogP) is 2.30. The molecule has 0 atom stereocenters. The summed E-state index contributed by atoms with van der Waals surface area (Å²) >= 11 is 0. The summed E-state index contributed by atoms with van der Waals surface area (Å²) in [6.07, 6.45) is 0. The molecule has 0 saturated heterocycles. The lowest BCUT2D eigenvalue weighted by atomic mass is 10.1. The molecular weight excluding hydrogens is 446 g/mol. The smallest absolute Gasteiger partial charge is 0.330 e. The van der Waals surface area contributed by atoms with Crippen molar-refractivity contribution < 1.29 is 9.53 Å². The molecule has 9 nitrogen and oxygen atoms in total. The summed E-state index contributed by atoms with van der Waals surface area (Å²) in [6.45, 7) is 4.92. The molecule has 3 rings (SSSR count). The molecule has 0 unspecified atom stereocenters. The first kappa shape index (κ1) is 25.8. The molecule has 1 aromatic heterocycles. The highest BCUT2D eigenvalue weighted by molar-refractivity contribution is 5.96. The number of anilines is 2. The fourth-order valence-corrected chi connectivity index (χ4v) is 3.90. The summed E-state index contributed by atoms with van der Waals surface area (Å²) in [4.78, 5) is 44.4. The molecule has 1 amide bonds. The zero-order valence-corrected chi connectivity index (χ0v) is 20.7. The molecule has 1 heterocycles. The van der Waals surface area contributed by atoms with E-state index in [1.165, 1.54) is 9.47 Å². The largest absolute Gasteiger partial charge is 0.497 e. The van der Waals surface area contributed by atoms with Crippen LogP contribution >= 0.6 is 0 Å². The van der Waals surface area contributed by atoms with E-state index in [-0.39, 0.29) is 43.0 Å². The van der Waals surface area contributed by atoms with Crippen LogP contribution in [0.15, 0.2) is 64.2 Å². The van der Waals surface area contributed by atoms with E-state index < -0.39 is 11.2 Å². The molecule has 35 heavy (non-hydrogen) atoms. The van der Waals surface area contributed by atoms with Crippen LogP contribution in [0.25, 0.3) is 0 Å². The Hall–Kier alpha value is -3.85. The van der Waals surface area contributed by atoms with Crippen molar-refractivity contribution in [2.45, 2.75) is 26.9 Å². The van der Waals surface area contributed by atoms with Gasteiger partial charge in [-0.25, -0.2) is 4.79 Å². The summed E-state index contributed by atoms with van der Waals surface area (Å²) in [7, 11) is 3.43. The van der Waals surface area contributed by atoms with Gasteiger partial charge in [0.05, 0.1) is 20.2 Å². The number of nitrogens with one attached hydrogen (secondary N) is 1. The van der Waals surface area contributed by atoms with Crippen LogP contribution in [-0.4, -0.2) is 47.6 Å². The van der Waals surface area contributed by atoms with Crippen LogP contribution in [-0.2, 0) is 17.9 Å². The molecule has 9 heteroatoms. The maximum atomic E-state index is 13.4. The third-order valence-corrected chi connectivity index (χ3v) is 5.51. The van der Waals surface area contributed by atoms with Crippen molar-refractivity contribution in [2.75, 3.05) is 37.9 Å². The van der Waals surface area contributed by atoms with Gasteiger partial charge in [0.25, 0.3) is 5.56 Å². The van der Waals surface area contributed by atoms with Crippen molar-refractivity contribution in [1.82, 2.24) is 14.5 Å². The summed E-state index contributed by atoms with van der Waals surface area (Å²) in [5, 5.41) is 0. The van der Waals surface area contributed by atoms with Gasteiger partial charge in [-0.05, 0) is 36.2 Å². The molecule has 2 aromatic carbocycles. The van der Waals surface area contributed by atoms with E-state index in [2.05, 4.69) is 4.98 Å². The Morgan fingerprint density at radius 3 is 2.43 bits per heavy atom. The third kappa shape index (κ3) is 6.60. The molecule has 0 aliphatic rings. The molecule has 186 valence electrons. The summed E-state index contributed by atoms with van der Waals surface area (Å²) in [5.41, 5.74) is 6.89. The molecule has 0 spiro atoms. The topological polar surface area (TPSA) is 114 Å². The molecule has 0 bridgehead atoms. The van der Waals surface area contributed by atoms with E-state index in [0.717, 1.165) is 16.9 Å². The first-order chi connectivity index (χ1) is 16.7. The van der Waals surface area contributed by atoms with Gasteiger partial charge in [-0.3, -0.25) is 24.0 Å². The average Bonchev–Trinajstić information content (AvgIpc) is 2.81. The molecule has 0 aliphatic heterocycles. The van der Waals surface area contributed by atoms with E-state index in [1.807, 2.05) is 80.4 Å². The van der Waals surface area contributed by atoms with Crippen LogP contribution in [0.2, 0.25) is 0 Å². The Bertz CT molecular complexity index is 1270. The number of carbonyl (C=O) groups excluding carboxylic acids is 1. The Labute approximate surface area is 204 Å². The van der Waals surface area contributed by atoms with E-state index in [0.29, 0.717) is 6.54 Å². The van der Waals surface area contributed by atoms with Crippen molar-refractivity contribution >= 4 is 17.4 Å². The van der Waals surface area contributed by atoms with Crippen LogP contribution in [0.4, 0.5) is 11.5 Å². The number of ether oxygens (including phenoxy) is 1. The monoisotopic (exact) mass is 479 g/mol. The minimum Gasteiger partial charge on any atom is -0.497 e. The van der Waals surface area contributed by atoms with Gasteiger partial charge in [-0.2, -0.15) is 0 Å². The number of benzene rings is 2. The van der Waals surface area contributed by atoms with Crippen LogP contribution < -0.4 is 26.6 Å². The van der Waals surface area contributed by atoms with Gasteiger partial charge in [0.2, 0.25) is 5.91 Å². The number of aromatic nitrogens is 2. The highest BCUT2D eigenvalue weighted by Gasteiger charge is 2.26. The Balaban J connectivity index is 1.90. The zero-order chi connectivity index (χ0) is 25.5. The van der Waals surface area contributed by atoms with Crippen molar-refractivity contribution in [3.8, 4) is 5.75 Å². The number of rotatable bonds is 10. The SMILES string of the molecule is COc1cccc(CN(C)CC(=O)N(CC(C)C)c2c(N)n(Cc3ccccc3)c(=O)[nH]c2=O)c1. The summed E-state index contributed by atoms with van der Waals surface area (Å²) < 4.78 is 6.56. The van der Waals surface area contributed by atoms with Crippen LogP contribution in [0.3, 0.4) is 0 Å². The summed E-state index contributed by atoms with van der Waals surface area (Å²) in [6, 6.07) is 16.9. The minimum absolute atomic E-state index is 0.00554. The van der Waals surface area contributed by atoms with E-state index in [1.54, 1.807) is 7.11 Å². The normalized spacial score (nSPS) is 11.1. The van der Waals surface area contributed by atoms with Crippen molar-refractivity contribution in [3.05, 3.63) is 86.6 Å². The van der Waals surface area contributed by atoms with Gasteiger partial charge in [-0.1, -0.05) is 56.3 Å². The van der Waals surface area contributed by atoms with Gasteiger partial charge >= 0.3 is 5.69 Å². The molecular formula is C26H33N5O4. The van der Waals surface area contributed by atoms with Crippen LogP contribution in [0.1, 0.15) is 25.0 Å². The number of nitrogen functional groups attached to an aromatic ring is 1. The lowest BCUT2D eigenvalue weighted by molar-refractivity contribution is -0.119. The molecule has 3 aromatic rings. The summed E-state index contributed by atoms with van der Waals surface area (Å²) in [5.74, 6) is 0.484. The number of hydrogen-bond donors (Lipinski definition) is 2. The Morgan fingerprint density at radius 1 is 1.09 bits per heavy atom. The lowest BCUT2D eigenvalue weighted by Crippen LogP contribution is -2.46. The molecule has 0 saturated carbocycles. The van der Waals surface area contributed by atoms with E-state index in [9.17, 15) is 14.4 Å². The lowest BCUT2D eigenvalue weighted by Gasteiger charge is -2.28. The highest BCUT2D eigenvalue weighted by Crippen LogP contribution is 2.20. The second-order valence-corrected chi connectivity index (χ2v) is 8.99. The standard InChI is InChI=1S/C26H33N5O4/c1-18(2)14-30(22(32)17-29(3)15-20-11-8-12-21(13-20)35-4)23-24(27)31(26(34)28-25(23)33)16-19-9-6-5-7-10-19/h5-13,18H,14-17,27H2,1-4H3,(H,28,33,34). The number of amides is 1. The maximum absolute atomic E-state index is 13.4. The third-order valence-electron chi connectivity index (χ3n) is 5.51. The van der Waals surface area contributed by atoms with E-state index in [4.69, 9.17) is 10.5 Å². The number of methoxy groups -OCH3 is 1. The first-order valence-corrected chi connectivity index (χ1v) is 11.5. The maximum Gasteiger partial charge on any atom is 0.330 e. The first-order valence-electron chi connectivity index (χ1n) is 11.5. The van der Waals surface area contributed by atoms with Crippen LogP contribution in [0, 0.1) is 5.92 Å². The predicted molar refractivity (Wildman–Crippen MR) is 138 cm³/mol. The van der Waals surface area contributed by atoms with Crippen molar-refractivity contribution in [3.63, 3.8) is 0 Å². The quantitative estimate of drug-likeness (QED) is 0.461. The molecule has 0 radical (unpaired) electrons. The van der Waals surface area contributed by atoms with Gasteiger partial charge in [0.1, 0.15) is 11.6 Å². The Morgan fingerprint density at radius 2 is 1.77 bits per heavy atom. The number of hydrogen-bond acceptors (Lipinski definition) is 6. The number of nitrogens with zero attached hydrogens (tertiary/aromatic N) is 3. The average molecular weight is 480 g/mol. The van der Waals surface area contributed by atoms with Crippen molar-refractivity contribution in [2.24, 2.45) is 5.92 Å². The molecule has 0 fully saturated rings. The van der Waals surface area contributed by atoms with Crippen molar-refractivity contribution in [1.29, 1.82) is 0 Å². The Kier molecular flexibility index (Phi) is 8.48. The molecule has 3 N–H and O–H groups in total. The van der Waals surface area contributed by atoms with Gasteiger partial charge in [0.15, 0.2) is 5.69 Å². The van der Waals surface area contributed by atoms with Crippen LogP contribution in [0.5, 0.6) is 5.75 Å². The van der Waals surface area contributed by atoms with E-state index >= 15 is 0 Å². The minimum atomic E-state index is -0.679. The molecule has 0 aliphatic carbocycles. The second-order valence-electron chi connectivity index (χ2n) is 8.99. The van der Waals surface area contributed by atoms with Gasteiger partial charge in [0, 0.05) is 13.1 Å². The number of likely N-dealkylation sites (N-methyl/N-ethyl adjacent to an activating group) is 1. The number of nitrogens with two attached hydrogens (primary N) is 1. The number of carbonyl (C=O) groups is 1. The number of H-pyrrole nitrogens is 1. The fraction of sp³-hybridized carbons (Fsp3) is 0.346. The van der Waals surface area contributed by atoms with Gasteiger partial charge in [-0.15, -0.1) is 0 Å². The van der Waals surface area contributed by atoms with Gasteiger partial charge < -0.3 is 15.4 Å². The highest BCUT2D eigenvalue weighted by atomic mass is 16.5. The zero-order valence-electron chi connectivity index (χ0n) is 20.7. The number of aromatic amines is 1.